The lowest BCUT2D eigenvalue weighted by atomic mass is 10.1. The van der Waals surface area contributed by atoms with E-state index in [1.54, 1.807) is 32.4 Å². The number of para-hydroxylation sites is 1. The number of hydrogen-bond donors (Lipinski definition) is 2. The molecule has 3 rings (SSSR count). The quantitative estimate of drug-likeness (QED) is 0.771. The van der Waals surface area contributed by atoms with E-state index in [1.807, 2.05) is 24.3 Å². The Bertz CT molecular complexity index is 924. The number of aryl methyl sites for hydroxylation is 1. The van der Waals surface area contributed by atoms with Crippen LogP contribution in [0.4, 0.5) is 0 Å². The summed E-state index contributed by atoms with van der Waals surface area (Å²) in [6, 6.07) is 12.7. The van der Waals surface area contributed by atoms with Crippen LogP contribution in [0.5, 0.6) is 5.75 Å². The Balaban J connectivity index is 1.79. The molecule has 1 aromatic heterocycles. The van der Waals surface area contributed by atoms with Gasteiger partial charge in [-0.3, -0.25) is 9.36 Å². The van der Waals surface area contributed by atoms with Crippen LogP contribution in [-0.2, 0) is 13.6 Å². The molecule has 0 aliphatic rings. The van der Waals surface area contributed by atoms with Crippen molar-refractivity contribution in [1.29, 1.82) is 0 Å². The first kappa shape index (κ1) is 14.9. The Kier molecular flexibility index (Phi) is 3.89. The highest BCUT2D eigenvalue weighted by Gasteiger charge is 2.10. The van der Waals surface area contributed by atoms with E-state index in [2.05, 4.69) is 10.3 Å². The van der Waals surface area contributed by atoms with Gasteiger partial charge in [-0.1, -0.05) is 18.2 Å². The van der Waals surface area contributed by atoms with Crippen LogP contribution in [0.25, 0.3) is 11.0 Å². The average Bonchev–Trinajstić information content (AvgIpc) is 2.86. The molecule has 6 heteroatoms. The number of carbonyl (C=O) groups excluding carboxylic acids is 1. The summed E-state index contributed by atoms with van der Waals surface area (Å²) in [7, 11) is 3.28. The van der Waals surface area contributed by atoms with E-state index in [0.29, 0.717) is 17.6 Å². The summed E-state index contributed by atoms with van der Waals surface area (Å²) >= 11 is 0. The van der Waals surface area contributed by atoms with Crippen molar-refractivity contribution in [3.63, 3.8) is 0 Å². The maximum atomic E-state index is 12.3. The first-order valence-corrected chi connectivity index (χ1v) is 7.19. The SMILES string of the molecule is COc1ccccc1CNC(=O)c1ccc2c(c1)[nH]c(=O)n2C. The minimum absolute atomic E-state index is 0.202. The van der Waals surface area contributed by atoms with Gasteiger partial charge >= 0.3 is 5.69 Å². The molecule has 0 unspecified atom stereocenters. The third-order valence-corrected chi connectivity index (χ3v) is 3.80. The molecule has 0 aliphatic carbocycles. The molecule has 0 radical (unpaired) electrons. The normalized spacial score (nSPS) is 10.7. The average molecular weight is 311 g/mol. The van der Waals surface area contributed by atoms with Crippen LogP contribution >= 0.6 is 0 Å². The largest absolute Gasteiger partial charge is 0.496 e. The summed E-state index contributed by atoms with van der Waals surface area (Å²) in [4.78, 5) is 26.6. The molecule has 0 saturated heterocycles. The van der Waals surface area contributed by atoms with Crippen molar-refractivity contribution in [3.05, 3.63) is 64.1 Å². The first-order valence-electron chi connectivity index (χ1n) is 7.19. The van der Waals surface area contributed by atoms with Crippen LogP contribution in [0.2, 0.25) is 0 Å². The number of nitrogens with zero attached hydrogens (tertiary/aromatic N) is 1. The summed E-state index contributed by atoms with van der Waals surface area (Å²) in [5.74, 6) is 0.526. The number of carbonyl (C=O) groups is 1. The summed E-state index contributed by atoms with van der Waals surface area (Å²) in [6.07, 6.45) is 0. The van der Waals surface area contributed by atoms with Crippen LogP contribution in [0.15, 0.2) is 47.3 Å². The fourth-order valence-electron chi connectivity index (χ4n) is 2.50. The van der Waals surface area contributed by atoms with Crippen molar-refractivity contribution >= 4 is 16.9 Å². The lowest BCUT2D eigenvalue weighted by Gasteiger charge is -2.09. The zero-order valence-electron chi connectivity index (χ0n) is 12.9. The van der Waals surface area contributed by atoms with Gasteiger partial charge in [-0.15, -0.1) is 0 Å². The van der Waals surface area contributed by atoms with Crippen molar-refractivity contribution in [2.45, 2.75) is 6.54 Å². The van der Waals surface area contributed by atoms with Gasteiger partial charge in [0.25, 0.3) is 5.91 Å². The Labute approximate surface area is 132 Å². The van der Waals surface area contributed by atoms with Gasteiger partial charge in [-0.25, -0.2) is 4.79 Å². The molecule has 1 heterocycles. The molecule has 118 valence electrons. The van der Waals surface area contributed by atoms with Gasteiger partial charge < -0.3 is 15.0 Å². The maximum absolute atomic E-state index is 12.3. The topological polar surface area (TPSA) is 76.1 Å². The molecule has 0 fully saturated rings. The van der Waals surface area contributed by atoms with Crippen molar-refractivity contribution in [1.82, 2.24) is 14.9 Å². The second kappa shape index (κ2) is 6.00. The molecule has 23 heavy (non-hydrogen) atoms. The van der Waals surface area contributed by atoms with E-state index >= 15 is 0 Å². The lowest BCUT2D eigenvalue weighted by Crippen LogP contribution is -2.23. The fraction of sp³-hybridized carbons (Fsp3) is 0.176. The lowest BCUT2D eigenvalue weighted by molar-refractivity contribution is 0.0951. The number of imidazole rings is 1. The molecule has 0 atom stereocenters. The summed E-state index contributed by atoms with van der Waals surface area (Å²) in [5, 5.41) is 2.86. The molecule has 1 amide bonds. The maximum Gasteiger partial charge on any atom is 0.326 e. The first-order chi connectivity index (χ1) is 11.1. The van der Waals surface area contributed by atoms with Crippen molar-refractivity contribution in [2.75, 3.05) is 7.11 Å². The second-order valence-corrected chi connectivity index (χ2v) is 5.22. The van der Waals surface area contributed by atoms with Gasteiger partial charge in [0, 0.05) is 24.7 Å². The summed E-state index contributed by atoms with van der Waals surface area (Å²) in [5.41, 5.74) is 2.59. The van der Waals surface area contributed by atoms with E-state index in [1.165, 1.54) is 4.57 Å². The number of H-pyrrole nitrogens is 1. The zero-order valence-corrected chi connectivity index (χ0v) is 12.9. The number of benzene rings is 2. The number of fused-ring (bicyclic) bond motifs is 1. The predicted octanol–water partition coefficient (Wildman–Crippen LogP) is 1.81. The van der Waals surface area contributed by atoms with Crippen LogP contribution < -0.4 is 15.7 Å². The van der Waals surface area contributed by atoms with Crippen LogP contribution in [0.3, 0.4) is 0 Å². The third kappa shape index (κ3) is 2.83. The number of hydrogen-bond acceptors (Lipinski definition) is 3. The van der Waals surface area contributed by atoms with Gasteiger partial charge in [-0.05, 0) is 24.3 Å². The highest BCUT2D eigenvalue weighted by Crippen LogP contribution is 2.17. The number of rotatable bonds is 4. The van der Waals surface area contributed by atoms with E-state index < -0.39 is 0 Å². The number of aromatic nitrogens is 2. The Hall–Kier alpha value is -3.02. The van der Waals surface area contributed by atoms with E-state index in [0.717, 1.165) is 16.8 Å². The summed E-state index contributed by atoms with van der Waals surface area (Å²) in [6.45, 7) is 0.367. The van der Waals surface area contributed by atoms with Crippen molar-refractivity contribution < 1.29 is 9.53 Å². The standard InChI is InChI=1S/C17H17N3O3/c1-20-14-8-7-11(9-13(14)19-17(20)22)16(21)18-10-12-5-3-4-6-15(12)23-2/h3-9H,10H2,1-2H3,(H,18,21)(H,19,22). The van der Waals surface area contributed by atoms with Gasteiger partial charge in [0.05, 0.1) is 18.1 Å². The zero-order chi connectivity index (χ0) is 16.4. The van der Waals surface area contributed by atoms with Crippen LogP contribution in [0.1, 0.15) is 15.9 Å². The number of aromatic amines is 1. The molecule has 0 spiro atoms. The Morgan fingerprint density at radius 2 is 2.04 bits per heavy atom. The molecule has 0 aliphatic heterocycles. The van der Waals surface area contributed by atoms with E-state index in [4.69, 9.17) is 4.74 Å². The Morgan fingerprint density at radius 1 is 1.26 bits per heavy atom. The smallest absolute Gasteiger partial charge is 0.326 e. The van der Waals surface area contributed by atoms with Gasteiger partial charge in [-0.2, -0.15) is 0 Å². The van der Waals surface area contributed by atoms with Gasteiger partial charge in [0.2, 0.25) is 0 Å². The highest BCUT2D eigenvalue weighted by molar-refractivity contribution is 5.97. The molecular formula is C17H17N3O3. The monoisotopic (exact) mass is 311 g/mol. The molecular weight excluding hydrogens is 294 g/mol. The van der Waals surface area contributed by atoms with Crippen molar-refractivity contribution in [3.8, 4) is 5.75 Å². The molecule has 6 nitrogen and oxygen atoms in total. The molecule has 2 aromatic carbocycles. The fourth-order valence-corrected chi connectivity index (χ4v) is 2.50. The molecule has 3 aromatic rings. The Morgan fingerprint density at radius 3 is 2.83 bits per heavy atom. The van der Waals surface area contributed by atoms with E-state index in [-0.39, 0.29) is 11.6 Å². The second-order valence-electron chi connectivity index (χ2n) is 5.22. The number of nitrogens with one attached hydrogen (secondary N) is 2. The van der Waals surface area contributed by atoms with Gasteiger partial charge in [0.1, 0.15) is 5.75 Å². The highest BCUT2D eigenvalue weighted by atomic mass is 16.5. The molecule has 2 N–H and O–H groups in total. The van der Waals surface area contributed by atoms with Gasteiger partial charge in [0.15, 0.2) is 0 Å². The minimum Gasteiger partial charge on any atom is -0.496 e. The number of amides is 1. The van der Waals surface area contributed by atoms with Crippen LogP contribution in [0, 0.1) is 0 Å². The van der Waals surface area contributed by atoms with Crippen LogP contribution in [-0.4, -0.2) is 22.6 Å². The summed E-state index contributed by atoms with van der Waals surface area (Å²) < 4.78 is 6.77. The number of methoxy groups -OCH3 is 1. The van der Waals surface area contributed by atoms with E-state index in [9.17, 15) is 9.59 Å². The molecule has 0 saturated carbocycles. The third-order valence-electron chi connectivity index (χ3n) is 3.80. The molecule has 0 bridgehead atoms. The predicted molar refractivity (Wildman–Crippen MR) is 87.7 cm³/mol. The minimum atomic E-state index is -0.206. The van der Waals surface area contributed by atoms with Crippen molar-refractivity contribution in [2.24, 2.45) is 7.05 Å². The number of ether oxygens (including phenoxy) is 1.